The summed E-state index contributed by atoms with van der Waals surface area (Å²) in [6.45, 7) is 0. The van der Waals surface area contributed by atoms with Crippen LogP contribution in [0.5, 0.6) is 11.5 Å². The lowest BCUT2D eigenvalue weighted by atomic mass is 10.1. The molecule has 1 amide bonds. The van der Waals surface area contributed by atoms with Gasteiger partial charge in [-0.15, -0.1) is 0 Å². The Balaban J connectivity index is 2.00. The van der Waals surface area contributed by atoms with Crippen LogP contribution in [-0.4, -0.2) is 33.3 Å². The third kappa shape index (κ3) is 3.44. The Morgan fingerprint density at radius 2 is 1.61 bits per heavy atom. The highest BCUT2D eigenvalue weighted by Crippen LogP contribution is 2.43. The minimum absolute atomic E-state index is 0.144. The van der Waals surface area contributed by atoms with Crippen LogP contribution in [0.4, 0.5) is 5.69 Å². The number of sulfone groups is 1. The Bertz CT molecular complexity index is 970. The molecule has 0 atom stereocenters. The van der Waals surface area contributed by atoms with Crippen molar-refractivity contribution < 1.29 is 22.7 Å². The number of carbonyl (C=O) groups excluding carboxylic acids is 1. The Morgan fingerprint density at radius 1 is 1.04 bits per heavy atom. The van der Waals surface area contributed by atoms with E-state index in [-0.39, 0.29) is 28.4 Å². The fourth-order valence-electron chi connectivity index (χ4n) is 3.58. The van der Waals surface area contributed by atoms with E-state index in [1.807, 2.05) is 0 Å². The van der Waals surface area contributed by atoms with Gasteiger partial charge in [-0.2, -0.15) is 0 Å². The van der Waals surface area contributed by atoms with Crippen LogP contribution in [-0.2, 0) is 14.6 Å². The minimum atomic E-state index is -3.87. The minimum Gasteiger partial charge on any atom is -0.493 e. The van der Waals surface area contributed by atoms with E-state index in [9.17, 15) is 13.2 Å². The van der Waals surface area contributed by atoms with Gasteiger partial charge < -0.3 is 14.8 Å². The van der Waals surface area contributed by atoms with Crippen LogP contribution in [0.25, 0.3) is 0 Å². The van der Waals surface area contributed by atoms with Crippen LogP contribution < -0.4 is 14.8 Å². The highest BCUT2D eigenvalue weighted by atomic mass is 35.5. The van der Waals surface area contributed by atoms with E-state index in [1.54, 1.807) is 18.2 Å². The molecule has 6 nitrogen and oxygen atoms in total. The van der Waals surface area contributed by atoms with Gasteiger partial charge in [-0.05, 0) is 25.0 Å². The lowest BCUT2D eigenvalue weighted by Crippen LogP contribution is -2.47. The van der Waals surface area contributed by atoms with Crippen molar-refractivity contribution in [1.82, 2.24) is 0 Å². The molecule has 0 radical (unpaired) electrons. The maximum Gasteiger partial charge on any atom is 0.246 e. The Hall–Kier alpha value is -2.25. The van der Waals surface area contributed by atoms with Gasteiger partial charge in [0.25, 0.3) is 0 Å². The number of hydrogen-bond donors (Lipinski definition) is 1. The van der Waals surface area contributed by atoms with Gasteiger partial charge in [0.2, 0.25) is 5.91 Å². The maximum absolute atomic E-state index is 13.4. The number of amides is 1. The summed E-state index contributed by atoms with van der Waals surface area (Å²) in [5.74, 6) is 0.217. The lowest BCUT2D eigenvalue weighted by molar-refractivity contribution is -0.118. The average Bonchev–Trinajstić information content (AvgIpc) is 3.21. The van der Waals surface area contributed by atoms with Crippen LogP contribution in [0.2, 0.25) is 5.02 Å². The molecule has 0 aliphatic heterocycles. The molecular weight excluding hydrogens is 402 g/mol. The predicted molar refractivity (Wildman–Crippen MR) is 108 cm³/mol. The summed E-state index contributed by atoms with van der Waals surface area (Å²) in [5.41, 5.74) is 0.277. The highest BCUT2D eigenvalue weighted by molar-refractivity contribution is 7.93. The molecule has 1 fully saturated rings. The molecule has 1 aliphatic carbocycles. The van der Waals surface area contributed by atoms with Crippen molar-refractivity contribution in [3.63, 3.8) is 0 Å². The van der Waals surface area contributed by atoms with E-state index in [0.717, 1.165) is 0 Å². The third-order valence-electron chi connectivity index (χ3n) is 5.11. The fourth-order valence-corrected chi connectivity index (χ4v) is 5.86. The van der Waals surface area contributed by atoms with Crippen molar-refractivity contribution >= 4 is 33.0 Å². The van der Waals surface area contributed by atoms with E-state index in [2.05, 4.69) is 5.32 Å². The van der Waals surface area contributed by atoms with Crippen LogP contribution in [0.15, 0.2) is 47.4 Å². The smallest absolute Gasteiger partial charge is 0.246 e. The van der Waals surface area contributed by atoms with Gasteiger partial charge in [0, 0.05) is 12.1 Å². The molecule has 1 aliphatic rings. The summed E-state index contributed by atoms with van der Waals surface area (Å²) in [6, 6.07) is 11.1. The first-order valence-electron chi connectivity index (χ1n) is 8.88. The first kappa shape index (κ1) is 20.5. The number of anilines is 1. The van der Waals surface area contributed by atoms with E-state index in [0.29, 0.717) is 24.3 Å². The molecule has 2 aromatic carbocycles. The number of nitrogens with one attached hydrogen (secondary N) is 1. The largest absolute Gasteiger partial charge is 0.493 e. The van der Waals surface area contributed by atoms with Gasteiger partial charge >= 0.3 is 0 Å². The average molecular weight is 424 g/mol. The molecule has 28 heavy (non-hydrogen) atoms. The second-order valence-corrected chi connectivity index (χ2v) is 9.33. The van der Waals surface area contributed by atoms with Gasteiger partial charge in [-0.25, -0.2) is 8.42 Å². The van der Waals surface area contributed by atoms with Crippen molar-refractivity contribution in [2.45, 2.75) is 35.3 Å². The number of rotatable bonds is 6. The van der Waals surface area contributed by atoms with Crippen molar-refractivity contribution in [3.05, 3.63) is 47.5 Å². The number of halogens is 1. The van der Waals surface area contributed by atoms with E-state index in [1.165, 1.54) is 38.5 Å². The van der Waals surface area contributed by atoms with Crippen LogP contribution >= 0.6 is 11.6 Å². The van der Waals surface area contributed by atoms with Gasteiger partial charge in [-0.3, -0.25) is 4.79 Å². The van der Waals surface area contributed by atoms with Crippen LogP contribution in [0, 0.1) is 0 Å². The molecule has 1 N–H and O–H groups in total. The highest BCUT2D eigenvalue weighted by Gasteiger charge is 2.53. The second kappa shape index (κ2) is 8.01. The summed E-state index contributed by atoms with van der Waals surface area (Å²) in [6.07, 6.45) is 1.86. The van der Waals surface area contributed by atoms with Crippen LogP contribution in [0.3, 0.4) is 0 Å². The summed E-state index contributed by atoms with van der Waals surface area (Å²) in [7, 11) is -0.926. The van der Waals surface area contributed by atoms with Gasteiger partial charge in [0.1, 0.15) is 0 Å². The maximum atomic E-state index is 13.4. The molecular formula is C20H22ClNO5S. The van der Waals surface area contributed by atoms with E-state index in [4.69, 9.17) is 21.1 Å². The van der Waals surface area contributed by atoms with E-state index >= 15 is 0 Å². The number of hydrogen-bond acceptors (Lipinski definition) is 5. The zero-order valence-corrected chi connectivity index (χ0v) is 17.3. The quantitative estimate of drug-likeness (QED) is 0.756. The predicted octanol–water partition coefficient (Wildman–Crippen LogP) is 4.08. The normalized spacial score (nSPS) is 15.8. The van der Waals surface area contributed by atoms with Gasteiger partial charge in [0.15, 0.2) is 26.1 Å². The topological polar surface area (TPSA) is 81.7 Å². The van der Waals surface area contributed by atoms with Crippen molar-refractivity contribution in [2.24, 2.45) is 0 Å². The number of benzene rings is 2. The molecule has 0 heterocycles. The molecule has 0 aromatic heterocycles. The zero-order valence-electron chi connectivity index (χ0n) is 15.7. The van der Waals surface area contributed by atoms with Crippen molar-refractivity contribution in [2.75, 3.05) is 19.5 Å². The Kier molecular flexibility index (Phi) is 5.86. The van der Waals surface area contributed by atoms with Crippen molar-refractivity contribution in [1.29, 1.82) is 0 Å². The molecule has 0 saturated heterocycles. The molecule has 2 aromatic rings. The second-order valence-electron chi connectivity index (χ2n) is 6.66. The van der Waals surface area contributed by atoms with E-state index < -0.39 is 20.5 Å². The Morgan fingerprint density at radius 3 is 2.18 bits per heavy atom. The molecule has 1 saturated carbocycles. The lowest BCUT2D eigenvalue weighted by Gasteiger charge is -2.28. The number of ether oxygens (including phenoxy) is 2. The van der Waals surface area contributed by atoms with Gasteiger partial charge in [0.05, 0.1) is 29.8 Å². The zero-order chi connectivity index (χ0) is 20.4. The van der Waals surface area contributed by atoms with Crippen LogP contribution in [0.1, 0.15) is 25.7 Å². The van der Waals surface area contributed by atoms with Crippen molar-refractivity contribution in [3.8, 4) is 11.5 Å². The number of methoxy groups -OCH3 is 2. The summed E-state index contributed by atoms with van der Waals surface area (Å²) in [5, 5.41) is 2.94. The molecule has 0 bridgehead atoms. The molecule has 8 heteroatoms. The summed E-state index contributed by atoms with van der Waals surface area (Å²) in [4.78, 5) is 13.4. The molecule has 150 valence electrons. The Labute approximate surface area is 169 Å². The summed E-state index contributed by atoms with van der Waals surface area (Å²) >= 11 is 6.26. The summed E-state index contributed by atoms with van der Waals surface area (Å²) < 4.78 is 35.6. The molecule has 0 spiro atoms. The number of carbonyl (C=O) groups is 1. The molecule has 0 unspecified atom stereocenters. The standard InChI is InChI=1S/C20H22ClNO5S/c1-26-17-12-15(21)16(13-18(17)27-2)22-19(23)20(10-6-7-11-20)28(24,25)14-8-4-3-5-9-14/h3-5,8-9,12-13H,6-7,10-11H2,1-2H3,(H,22,23). The fraction of sp³-hybridized carbons (Fsp3) is 0.350. The first-order valence-corrected chi connectivity index (χ1v) is 10.7. The monoisotopic (exact) mass is 423 g/mol. The van der Waals surface area contributed by atoms with Gasteiger partial charge in [-0.1, -0.05) is 42.6 Å². The SMILES string of the molecule is COc1cc(Cl)c(NC(=O)C2(S(=O)(=O)c3ccccc3)CCCC2)cc1OC. The first-order chi connectivity index (χ1) is 13.4. The molecule has 3 rings (SSSR count). The third-order valence-corrected chi connectivity index (χ3v) is 7.94.